The molecule has 0 spiro atoms. The minimum absolute atomic E-state index is 0.411. The average Bonchev–Trinajstić information content (AvgIpc) is 2.76. The van der Waals surface area contributed by atoms with Crippen LogP contribution >= 0.6 is 11.8 Å². The van der Waals surface area contributed by atoms with Gasteiger partial charge in [0.15, 0.2) is 0 Å². The number of aldehydes is 1. The van der Waals surface area contributed by atoms with Crippen LogP contribution in [0.4, 0.5) is 8.78 Å². The lowest BCUT2D eigenvalue weighted by molar-refractivity contribution is -0.108. The number of aryl methyl sites for hydroxylation is 1. The van der Waals surface area contributed by atoms with Gasteiger partial charge in [-0.15, -0.1) is 11.8 Å². The zero-order chi connectivity index (χ0) is 22.8. The van der Waals surface area contributed by atoms with Crippen molar-refractivity contribution >= 4 is 18.0 Å². The largest absolute Gasteiger partial charge is 0.303 e. The molecular formula is C26H38F2OS. The number of thioether (sulfide) groups is 1. The summed E-state index contributed by atoms with van der Waals surface area (Å²) in [5, 5.41) is 0.647. The van der Waals surface area contributed by atoms with Crippen molar-refractivity contribution < 1.29 is 13.6 Å². The van der Waals surface area contributed by atoms with Gasteiger partial charge in [-0.3, -0.25) is 0 Å². The second-order valence-electron chi connectivity index (χ2n) is 7.15. The third-order valence-corrected chi connectivity index (χ3v) is 5.72. The van der Waals surface area contributed by atoms with Crippen molar-refractivity contribution in [1.82, 2.24) is 0 Å². The maximum absolute atomic E-state index is 11.9. The summed E-state index contributed by atoms with van der Waals surface area (Å²) >= 11 is 1.97. The molecule has 2 aromatic rings. The highest BCUT2D eigenvalue weighted by molar-refractivity contribution is 7.99. The minimum atomic E-state index is -0.411. The van der Waals surface area contributed by atoms with Crippen LogP contribution in [0.2, 0.25) is 0 Å². The van der Waals surface area contributed by atoms with Gasteiger partial charge in [-0.25, -0.2) is 8.78 Å². The highest BCUT2D eigenvalue weighted by Crippen LogP contribution is 2.29. The van der Waals surface area contributed by atoms with Gasteiger partial charge >= 0.3 is 0 Å². The normalized spacial score (nSPS) is 12.0. The van der Waals surface area contributed by atoms with Crippen LogP contribution in [-0.2, 0) is 4.79 Å². The number of carbonyl (C=O) groups excluding carboxylic acids is 1. The lowest BCUT2D eigenvalue weighted by atomic mass is 9.93. The van der Waals surface area contributed by atoms with Gasteiger partial charge in [0.25, 0.3) is 0 Å². The molecule has 0 aromatic heterocycles. The Morgan fingerprint density at radius 3 is 1.87 bits per heavy atom. The van der Waals surface area contributed by atoms with E-state index >= 15 is 0 Å². The minimum Gasteiger partial charge on any atom is -0.303 e. The second kappa shape index (κ2) is 18.1. The molecule has 2 aromatic carbocycles. The summed E-state index contributed by atoms with van der Waals surface area (Å²) in [5.74, 6) is -0.0935. The summed E-state index contributed by atoms with van der Waals surface area (Å²) in [6, 6.07) is 13.1. The maximum atomic E-state index is 11.9. The van der Waals surface area contributed by atoms with Crippen molar-refractivity contribution in [3.63, 3.8) is 0 Å². The molecule has 0 saturated carbocycles. The number of halogens is 2. The molecule has 0 aliphatic rings. The fourth-order valence-electron chi connectivity index (χ4n) is 2.95. The van der Waals surface area contributed by atoms with Crippen molar-refractivity contribution in [2.45, 2.75) is 83.3 Å². The molecule has 0 radical (unpaired) electrons. The van der Waals surface area contributed by atoms with Gasteiger partial charge in [-0.05, 0) is 68.5 Å². The Hall–Kier alpha value is -1.68. The van der Waals surface area contributed by atoms with E-state index in [-0.39, 0.29) is 0 Å². The van der Waals surface area contributed by atoms with E-state index < -0.39 is 11.6 Å². The third-order valence-electron chi connectivity index (χ3n) is 4.53. The monoisotopic (exact) mass is 436 g/mol. The predicted octanol–water partition coefficient (Wildman–Crippen LogP) is 8.64. The van der Waals surface area contributed by atoms with Gasteiger partial charge < -0.3 is 4.79 Å². The van der Waals surface area contributed by atoms with E-state index in [2.05, 4.69) is 45.0 Å². The first-order chi connectivity index (χ1) is 14.4. The Labute approximate surface area is 186 Å². The first-order valence-electron chi connectivity index (χ1n) is 11.0. The number of carbonyl (C=O) groups is 1. The van der Waals surface area contributed by atoms with Crippen LogP contribution < -0.4 is 0 Å². The van der Waals surface area contributed by atoms with Crippen molar-refractivity contribution in [3.05, 3.63) is 65.7 Å². The fourth-order valence-corrected chi connectivity index (χ4v) is 3.96. The molecule has 1 nitrogen and oxygen atoms in total. The average molecular weight is 437 g/mol. The standard InChI is InChI=1S/C18H28OS.C6H4F2.C2H6/c1-4-6-17(7-5-14-19)11-10-16(3)20-18-12-8-15(2)9-13-18;7-5-1-2-6(8)4-3-5;1-2/h8-9,12-14,16-17H,4-7,10-11H2,1-3H3;1-4H;1-2H3. The number of hydrogen-bond donors (Lipinski definition) is 0. The van der Waals surface area contributed by atoms with Crippen LogP contribution in [0, 0.1) is 24.5 Å². The molecule has 30 heavy (non-hydrogen) atoms. The zero-order valence-corrected chi connectivity index (χ0v) is 20.0. The summed E-state index contributed by atoms with van der Waals surface area (Å²) in [4.78, 5) is 11.9. The Balaban J connectivity index is 0.000000696. The molecule has 2 rings (SSSR count). The van der Waals surface area contributed by atoms with Gasteiger partial charge in [0.2, 0.25) is 0 Å². The fraction of sp³-hybridized carbons (Fsp3) is 0.500. The molecule has 0 fully saturated rings. The van der Waals surface area contributed by atoms with E-state index in [1.165, 1.54) is 36.1 Å². The molecule has 0 N–H and O–H groups in total. The lowest BCUT2D eigenvalue weighted by Gasteiger charge is -2.18. The molecule has 0 aliphatic carbocycles. The van der Waals surface area contributed by atoms with Gasteiger partial charge in [-0.2, -0.15) is 0 Å². The smallest absolute Gasteiger partial charge is 0.123 e. The SMILES string of the molecule is CC.CCCC(CCC=O)CCC(C)Sc1ccc(C)cc1.Fc1ccc(F)cc1. The molecule has 0 amide bonds. The Morgan fingerprint density at radius 2 is 1.40 bits per heavy atom. The highest BCUT2D eigenvalue weighted by Gasteiger charge is 2.11. The molecular weight excluding hydrogens is 398 g/mol. The molecule has 2 atom stereocenters. The molecule has 4 heteroatoms. The van der Waals surface area contributed by atoms with E-state index in [0.717, 1.165) is 49.3 Å². The van der Waals surface area contributed by atoms with Crippen molar-refractivity contribution in [1.29, 1.82) is 0 Å². The van der Waals surface area contributed by atoms with Gasteiger partial charge in [-0.1, -0.05) is 58.2 Å². The first kappa shape index (κ1) is 28.3. The van der Waals surface area contributed by atoms with Gasteiger partial charge in [0.1, 0.15) is 17.9 Å². The number of hydrogen-bond acceptors (Lipinski definition) is 2. The van der Waals surface area contributed by atoms with E-state index in [1.807, 2.05) is 25.6 Å². The Kier molecular flexibility index (Phi) is 17.1. The number of benzene rings is 2. The summed E-state index contributed by atoms with van der Waals surface area (Å²) in [7, 11) is 0. The summed E-state index contributed by atoms with van der Waals surface area (Å²) in [6.07, 6.45) is 7.83. The van der Waals surface area contributed by atoms with Crippen LogP contribution in [-0.4, -0.2) is 11.5 Å². The molecule has 0 bridgehead atoms. The van der Waals surface area contributed by atoms with Crippen LogP contribution in [0.1, 0.15) is 71.8 Å². The quantitative estimate of drug-likeness (QED) is 0.274. The third kappa shape index (κ3) is 14.3. The van der Waals surface area contributed by atoms with Crippen LogP contribution in [0.3, 0.4) is 0 Å². The Morgan fingerprint density at radius 1 is 0.867 bits per heavy atom. The van der Waals surface area contributed by atoms with Crippen molar-refractivity contribution in [2.24, 2.45) is 5.92 Å². The summed E-state index contributed by atoms with van der Waals surface area (Å²) in [6.45, 7) is 10.7. The summed E-state index contributed by atoms with van der Waals surface area (Å²) in [5.41, 5.74) is 1.32. The van der Waals surface area contributed by atoms with Crippen LogP contribution in [0.25, 0.3) is 0 Å². The number of rotatable bonds is 10. The van der Waals surface area contributed by atoms with E-state index in [1.54, 1.807) is 0 Å². The molecule has 168 valence electrons. The Bertz CT molecular complexity index is 635. The van der Waals surface area contributed by atoms with Gasteiger partial charge in [0.05, 0.1) is 0 Å². The first-order valence-corrected chi connectivity index (χ1v) is 11.9. The molecule has 0 saturated heterocycles. The van der Waals surface area contributed by atoms with Crippen molar-refractivity contribution in [2.75, 3.05) is 0 Å². The van der Waals surface area contributed by atoms with Crippen LogP contribution in [0.5, 0.6) is 0 Å². The predicted molar refractivity (Wildman–Crippen MR) is 127 cm³/mol. The van der Waals surface area contributed by atoms with E-state index in [0.29, 0.717) is 5.25 Å². The molecule has 0 aliphatic heterocycles. The topological polar surface area (TPSA) is 17.1 Å². The van der Waals surface area contributed by atoms with E-state index in [9.17, 15) is 13.6 Å². The molecule has 2 unspecified atom stereocenters. The molecule has 0 heterocycles. The van der Waals surface area contributed by atoms with Crippen LogP contribution in [0.15, 0.2) is 53.4 Å². The van der Waals surface area contributed by atoms with Gasteiger partial charge in [0, 0.05) is 16.6 Å². The van der Waals surface area contributed by atoms with Crippen molar-refractivity contribution in [3.8, 4) is 0 Å². The zero-order valence-electron chi connectivity index (χ0n) is 19.2. The highest BCUT2D eigenvalue weighted by atomic mass is 32.2. The summed E-state index contributed by atoms with van der Waals surface area (Å²) < 4.78 is 23.8. The second-order valence-corrected chi connectivity index (χ2v) is 8.67. The maximum Gasteiger partial charge on any atom is 0.123 e. The lowest BCUT2D eigenvalue weighted by Crippen LogP contribution is -2.05. The van der Waals surface area contributed by atoms with E-state index in [4.69, 9.17) is 0 Å².